The molecule has 0 amide bonds. The first-order valence-electron chi connectivity index (χ1n) is 6.51. The van der Waals surface area contributed by atoms with Gasteiger partial charge < -0.3 is 11.1 Å². The summed E-state index contributed by atoms with van der Waals surface area (Å²) in [5.74, 6) is 1.27. The van der Waals surface area contributed by atoms with Crippen molar-refractivity contribution in [3.05, 3.63) is 29.6 Å². The Kier molecular flexibility index (Phi) is 2.98. The van der Waals surface area contributed by atoms with E-state index in [1.807, 2.05) is 0 Å². The molecule has 0 unspecified atom stereocenters. The zero-order valence-electron chi connectivity index (χ0n) is 10.2. The van der Waals surface area contributed by atoms with Crippen molar-refractivity contribution in [1.29, 1.82) is 0 Å². The smallest absolute Gasteiger partial charge is 0.124 e. The molecule has 2 fully saturated rings. The Bertz CT molecular complexity index is 469. The van der Waals surface area contributed by atoms with E-state index in [1.165, 1.54) is 37.8 Å². The van der Waals surface area contributed by atoms with Crippen molar-refractivity contribution in [3.8, 4) is 0 Å². The SMILES string of the molecule is NC(=S)c1cc(F)ccc1NC(C1CC1)C1CC1. The fourth-order valence-electron chi connectivity index (χ4n) is 2.56. The van der Waals surface area contributed by atoms with Gasteiger partial charge in [-0.05, 0) is 55.7 Å². The summed E-state index contributed by atoms with van der Waals surface area (Å²) in [6.07, 6.45) is 5.21. The molecule has 2 nitrogen and oxygen atoms in total. The zero-order chi connectivity index (χ0) is 12.7. The minimum atomic E-state index is -0.294. The summed E-state index contributed by atoms with van der Waals surface area (Å²) >= 11 is 5.00. The summed E-state index contributed by atoms with van der Waals surface area (Å²) in [6.45, 7) is 0. The lowest BCUT2D eigenvalue weighted by molar-refractivity contribution is 0.567. The van der Waals surface area contributed by atoms with Crippen molar-refractivity contribution < 1.29 is 4.39 Å². The predicted octanol–water partition coefficient (Wildman–Crippen LogP) is 3.06. The average Bonchev–Trinajstić information content (AvgIpc) is 3.19. The van der Waals surface area contributed by atoms with Gasteiger partial charge in [-0.25, -0.2) is 4.39 Å². The molecule has 18 heavy (non-hydrogen) atoms. The van der Waals surface area contributed by atoms with E-state index in [4.69, 9.17) is 18.0 Å². The van der Waals surface area contributed by atoms with E-state index in [-0.39, 0.29) is 10.8 Å². The second kappa shape index (κ2) is 4.50. The fourth-order valence-corrected chi connectivity index (χ4v) is 2.73. The van der Waals surface area contributed by atoms with Crippen LogP contribution in [0.1, 0.15) is 31.2 Å². The highest BCUT2D eigenvalue weighted by Gasteiger charge is 2.41. The van der Waals surface area contributed by atoms with Crippen LogP contribution in [0.5, 0.6) is 0 Å². The van der Waals surface area contributed by atoms with Crippen molar-refractivity contribution in [2.45, 2.75) is 31.7 Å². The van der Waals surface area contributed by atoms with Crippen LogP contribution >= 0.6 is 12.2 Å². The summed E-state index contributed by atoms with van der Waals surface area (Å²) in [5.41, 5.74) is 7.17. The van der Waals surface area contributed by atoms with Crippen LogP contribution in [-0.4, -0.2) is 11.0 Å². The number of halogens is 1. The maximum atomic E-state index is 13.2. The lowest BCUT2D eigenvalue weighted by Crippen LogP contribution is -2.26. The second-order valence-electron chi connectivity index (χ2n) is 5.40. The molecule has 1 aromatic rings. The first-order valence-corrected chi connectivity index (χ1v) is 6.92. The molecule has 2 aliphatic carbocycles. The van der Waals surface area contributed by atoms with Gasteiger partial charge in [-0.3, -0.25) is 0 Å². The number of nitrogens with two attached hydrogens (primary N) is 1. The van der Waals surface area contributed by atoms with Crippen LogP contribution in [0.15, 0.2) is 18.2 Å². The molecule has 96 valence electrons. The first kappa shape index (κ1) is 11.9. The highest BCUT2D eigenvalue weighted by Crippen LogP contribution is 2.46. The molecule has 2 aliphatic rings. The Morgan fingerprint density at radius 3 is 2.39 bits per heavy atom. The Balaban J connectivity index is 1.84. The van der Waals surface area contributed by atoms with Gasteiger partial charge in [0.05, 0.1) is 0 Å². The van der Waals surface area contributed by atoms with E-state index in [2.05, 4.69) is 5.32 Å². The van der Waals surface area contributed by atoms with Gasteiger partial charge in [0.25, 0.3) is 0 Å². The van der Waals surface area contributed by atoms with E-state index >= 15 is 0 Å². The molecule has 3 rings (SSSR count). The highest BCUT2D eigenvalue weighted by molar-refractivity contribution is 7.80. The van der Waals surface area contributed by atoms with Gasteiger partial charge in [-0.1, -0.05) is 12.2 Å². The van der Waals surface area contributed by atoms with Crippen LogP contribution < -0.4 is 11.1 Å². The summed E-state index contributed by atoms with van der Waals surface area (Å²) < 4.78 is 13.2. The van der Waals surface area contributed by atoms with Crippen LogP contribution in [0.4, 0.5) is 10.1 Å². The van der Waals surface area contributed by atoms with Crippen LogP contribution in [-0.2, 0) is 0 Å². The normalized spacial score (nSPS) is 19.0. The molecule has 0 atom stereocenters. The van der Waals surface area contributed by atoms with Crippen molar-refractivity contribution in [1.82, 2.24) is 0 Å². The molecule has 0 spiro atoms. The van der Waals surface area contributed by atoms with E-state index in [0.29, 0.717) is 11.6 Å². The maximum Gasteiger partial charge on any atom is 0.124 e. The fraction of sp³-hybridized carbons (Fsp3) is 0.500. The molecular formula is C14H17FN2S. The number of thiocarbonyl (C=S) groups is 1. The highest BCUT2D eigenvalue weighted by atomic mass is 32.1. The van der Waals surface area contributed by atoms with E-state index in [1.54, 1.807) is 6.07 Å². The van der Waals surface area contributed by atoms with E-state index < -0.39 is 0 Å². The number of benzene rings is 1. The van der Waals surface area contributed by atoms with Gasteiger partial charge in [-0.15, -0.1) is 0 Å². The number of anilines is 1. The Hall–Kier alpha value is -1.16. The third-order valence-corrected chi connectivity index (χ3v) is 4.05. The second-order valence-corrected chi connectivity index (χ2v) is 5.84. The number of nitrogens with one attached hydrogen (secondary N) is 1. The molecule has 0 aromatic heterocycles. The molecule has 1 aromatic carbocycles. The lowest BCUT2D eigenvalue weighted by atomic mass is 10.1. The minimum Gasteiger partial charge on any atom is -0.389 e. The van der Waals surface area contributed by atoms with Crippen molar-refractivity contribution in [2.24, 2.45) is 17.6 Å². The van der Waals surface area contributed by atoms with Gasteiger partial charge in [0.1, 0.15) is 10.8 Å². The topological polar surface area (TPSA) is 38.0 Å². The molecule has 0 heterocycles. The molecule has 2 saturated carbocycles. The summed E-state index contributed by atoms with van der Waals surface area (Å²) in [4.78, 5) is 0.252. The third-order valence-electron chi connectivity index (χ3n) is 3.83. The molecule has 0 radical (unpaired) electrons. The summed E-state index contributed by atoms with van der Waals surface area (Å²) in [7, 11) is 0. The van der Waals surface area contributed by atoms with Gasteiger partial charge in [0, 0.05) is 17.3 Å². The number of hydrogen-bond acceptors (Lipinski definition) is 2. The van der Waals surface area contributed by atoms with Crippen LogP contribution in [0.3, 0.4) is 0 Å². The number of hydrogen-bond donors (Lipinski definition) is 2. The van der Waals surface area contributed by atoms with Crippen LogP contribution in [0.25, 0.3) is 0 Å². The number of rotatable bonds is 5. The van der Waals surface area contributed by atoms with Gasteiger partial charge in [0.15, 0.2) is 0 Å². The average molecular weight is 264 g/mol. The van der Waals surface area contributed by atoms with Crippen LogP contribution in [0, 0.1) is 17.7 Å². The molecular weight excluding hydrogens is 247 g/mol. The molecule has 3 N–H and O–H groups in total. The molecule has 0 bridgehead atoms. The van der Waals surface area contributed by atoms with Crippen molar-refractivity contribution in [3.63, 3.8) is 0 Å². The van der Waals surface area contributed by atoms with E-state index in [9.17, 15) is 4.39 Å². The Morgan fingerprint density at radius 1 is 1.28 bits per heavy atom. The van der Waals surface area contributed by atoms with Crippen molar-refractivity contribution >= 4 is 22.9 Å². The quantitative estimate of drug-likeness (QED) is 0.803. The van der Waals surface area contributed by atoms with Crippen LogP contribution in [0.2, 0.25) is 0 Å². The predicted molar refractivity (Wildman–Crippen MR) is 75.1 cm³/mol. The summed E-state index contributed by atoms with van der Waals surface area (Å²) in [5, 5.41) is 3.55. The largest absolute Gasteiger partial charge is 0.389 e. The summed E-state index contributed by atoms with van der Waals surface area (Å²) in [6, 6.07) is 5.15. The Labute approximate surface area is 112 Å². The van der Waals surface area contributed by atoms with Gasteiger partial charge >= 0.3 is 0 Å². The van der Waals surface area contributed by atoms with Gasteiger partial charge in [-0.2, -0.15) is 0 Å². The third kappa shape index (κ3) is 2.48. The molecule has 0 saturated heterocycles. The van der Waals surface area contributed by atoms with Gasteiger partial charge in [0.2, 0.25) is 0 Å². The minimum absolute atomic E-state index is 0.252. The molecule has 0 aliphatic heterocycles. The van der Waals surface area contributed by atoms with Crippen molar-refractivity contribution in [2.75, 3.05) is 5.32 Å². The first-order chi connectivity index (χ1) is 8.65. The van der Waals surface area contributed by atoms with E-state index in [0.717, 1.165) is 17.5 Å². The standard InChI is InChI=1S/C14H17FN2S/c15-10-5-6-12(11(7-10)14(16)18)17-13(8-1-2-8)9-3-4-9/h5-9,13,17H,1-4H2,(H2,16,18). The lowest BCUT2D eigenvalue weighted by Gasteiger charge is -2.21. The zero-order valence-corrected chi connectivity index (χ0v) is 11.0. The molecule has 4 heteroatoms. The maximum absolute atomic E-state index is 13.2. The Morgan fingerprint density at radius 2 is 1.89 bits per heavy atom. The monoisotopic (exact) mass is 264 g/mol.